The van der Waals surface area contributed by atoms with Crippen LogP contribution in [0.5, 0.6) is 0 Å². The topological polar surface area (TPSA) is 61.4 Å². The Labute approximate surface area is 202 Å². The highest BCUT2D eigenvalue weighted by Gasteiger charge is 2.22. The number of benzene rings is 2. The second kappa shape index (κ2) is 10.8. The molecule has 6 heteroatoms. The van der Waals surface area contributed by atoms with Crippen molar-refractivity contribution < 1.29 is 4.79 Å². The van der Waals surface area contributed by atoms with Gasteiger partial charge in [0, 0.05) is 56.0 Å². The van der Waals surface area contributed by atoms with Gasteiger partial charge in [0.1, 0.15) is 12.1 Å². The van der Waals surface area contributed by atoms with Gasteiger partial charge in [0.15, 0.2) is 0 Å². The van der Waals surface area contributed by atoms with E-state index < -0.39 is 0 Å². The molecular formula is C28H33N5O. The quantitative estimate of drug-likeness (QED) is 0.576. The van der Waals surface area contributed by atoms with Crippen molar-refractivity contribution in [3.05, 3.63) is 78.1 Å². The minimum atomic E-state index is 0.105. The highest BCUT2D eigenvalue weighted by Crippen LogP contribution is 2.24. The molecule has 176 valence electrons. The lowest BCUT2D eigenvalue weighted by atomic mass is 9.95. The van der Waals surface area contributed by atoms with E-state index >= 15 is 0 Å². The highest BCUT2D eigenvalue weighted by molar-refractivity contribution is 5.94. The van der Waals surface area contributed by atoms with E-state index in [-0.39, 0.29) is 5.91 Å². The van der Waals surface area contributed by atoms with E-state index in [0.29, 0.717) is 6.04 Å². The Hall–Kier alpha value is -3.25. The second-order valence-electron chi connectivity index (χ2n) is 9.40. The minimum Gasteiger partial charge on any atom is -0.367 e. The van der Waals surface area contributed by atoms with Gasteiger partial charge in [-0.2, -0.15) is 0 Å². The van der Waals surface area contributed by atoms with Crippen molar-refractivity contribution >= 4 is 11.7 Å². The van der Waals surface area contributed by atoms with Gasteiger partial charge < -0.3 is 10.2 Å². The average molecular weight is 456 g/mol. The molecule has 0 radical (unpaired) electrons. The normalized spacial score (nSPS) is 17.5. The molecule has 0 bridgehead atoms. The third kappa shape index (κ3) is 5.62. The second-order valence-corrected chi connectivity index (χ2v) is 9.40. The number of anilines is 1. The number of hydrogen-bond donors (Lipinski definition) is 1. The maximum absolute atomic E-state index is 13.1. The molecular weight excluding hydrogens is 422 g/mol. The number of rotatable bonds is 6. The molecule has 1 aromatic heterocycles. The first-order valence-corrected chi connectivity index (χ1v) is 12.5. The van der Waals surface area contributed by atoms with Crippen LogP contribution >= 0.6 is 0 Å². The van der Waals surface area contributed by atoms with Crippen molar-refractivity contribution in [2.24, 2.45) is 0 Å². The van der Waals surface area contributed by atoms with E-state index in [1.165, 1.54) is 37.7 Å². The molecule has 1 N–H and O–H groups in total. The number of nitrogens with one attached hydrogen (secondary N) is 1. The SMILES string of the molecule is O=C(c1ccc(-c2cc(NC3CCCCC3)ncn2)cc1)N1CCN(Cc2ccccc2)CC1. The standard InChI is InChI=1S/C28H33N5O/c34-28(33-17-15-32(16-18-33)20-22-7-3-1-4-8-22)24-13-11-23(12-14-24)26-19-27(30-21-29-26)31-25-9-5-2-6-10-25/h1,3-4,7-8,11-14,19,21,25H,2,5-6,9-10,15-18,20H2,(H,29,30,31). The fourth-order valence-electron chi connectivity index (χ4n) is 4.97. The fraction of sp³-hybridized carbons (Fsp3) is 0.393. The lowest BCUT2D eigenvalue weighted by Crippen LogP contribution is -2.48. The third-order valence-electron chi connectivity index (χ3n) is 6.96. The Morgan fingerprint density at radius 2 is 1.62 bits per heavy atom. The minimum absolute atomic E-state index is 0.105. The monoisotopic (exact) mass is 455 g/mol. The molecule has 0 spiro atoms. The summed E-state index contributed by atoms with van der Waals surface area (Å²) in [7, 11) is 0. The maximum Gasteiger partial charge on any atom is 0.253 e. The molecule has 0 atom stereocenters. The van der Waals surface area contributed by atoms with Crippen molar-refractivity contribution in [2.45, 2.75) is 44.7 Å². The van der Waals surface area contributed by atoms with Crippen LogP contribution in [0.4, 0.5) is 5.82 Å². The van der Waals surface area contributed by atoms with Gasteiger partial charge in [0.05, 0.1) is 5.69 Å². The van der Waals surface area contributed by atoms with Gasteiger partial charge in [-0.1, -0.05) is 61.7 Å². The van der Waals surface area contributed by atoms with E-state index in [0.717, 1.165) is 55.4 Å². The van der Waals surface area contributed by atoms with Crippen molar-refractivity contribution in [2.75, 3.05) is 31.5 Å². The molecule has 2 fully saturated rings. The van der Waals surface area contributed by atoms with Crippen LogP contribution in [-0.2, 0) is 6.54 Å². The van der Waals surface area contributed by atoms with Crippen LogP contribution in [0.3, 0.4) is 0 Å². The van der Waals surface area contributed by atoms with Crippen LogP contribution in [0.2, 0.25) is 0 Å². The van der Waals surface area contributed by atoms with Crippen LogP contribution in [0.1, 0.15) is 48.0 Å². The van der Waals surface area contributed by atoms with Crippen molar-refractivity contribution in [3.63, 3.8) is 0 Å². The van der Waals surface area contributed by atoms with Crippen LogP contribution in [0.15, 0.2) is 67.0 Å². The summed E-state index contributed by atoms with van der Waals surface area (Å²) in [6.07, 6.45) is 7.93. The van der Waals surface area contributed by atoms with Gasteiger partial charge in [-0.05, 0) is 30.5 Å². The molecule has 1 saturated heterocycles. The largest absolute Gasteiger partial charge is 0.367 e. The first-order chi connectivity index (χ1) is 16.7. The van der Waals surface area contributed by atoms with E-state index in [4.69, 9.17) is 0 Å². The Bertz CT molecular complexity index is 1070. The summed E-state index contributed by atoms with van der Waals surface area (Å²) in [5.74, 6) is 0.985. The highest BCUT2D eigenvalue weighted by atomic mass is 16.2. The molecule has 1 saturated carbocycles. The van der Waals surface area contributed by atoms with Gasteiger partial charge in [0.25, 0.3) is 5.91 Å². The summed E-state index contributed by atoms with van der Waals surface area (Å²) in [5.41, 5.74) is 3.93. The number of carbonyl (C=O) groups excluding carboxylic acids is 1. The zero-order valence-electron chi connectivity index (χ0n) is 19.7. The van der Waals surface area contributed by atoms with Crippen LogP contribution in [0, 0.1) is 0 Å². The van der Waals surface area contributed by atoms with Gasteiger partial charge in [-0.25, -0.2) is 9.97 Å². The number of carbonyl (C=O) groups is 1. The predicted molar refractivity (Wildman–Crippen MR) is 136 cm³/mol. The lowest BCUT2D eigenvalue weighted by Gasteiger charge is -2.34. The number of amides is 1. The summed E-state index contributed by atoms with van der Waals surface area (Å²) in [4.78, 5) is 26.3. The van der Waals surface area contributed by atoms with Crippen LogP contribution < -0.4 is 5.32 Å². The average Bonchev–Trinajstić information content (AvgIpc) is 2.90. The van der Waals surface area contributed by atoms with Crippen molar-refractivity contribution in [3.8, 4) is 11.3 Å². The smallest absolute Gasteiger partial charge is 0.253 e. The van der Waals surface area contributed by atoms with Gasteiger partial charge in [0.2, 0.25) is 0 Å². The van der Waals surface area contributed by atoms with E-state index in [1.807, 2.05) is 41.3 Å². The Balaban J connectivity index is 1.17. The fourth-order valence-corrected chi connectivity index (χ4v) is 4.97. The number of hydrogen-bond acceptors (Lipinski definition) is 5. The summed E-state index contributed by atoms with van der Waals surface area (Å²) >= 11 is 0. The van der Waals surface area contributed by atoms with Gasteiger partial charge in [-0.3, -0.25) is 9.69 Å². The molecule has 1 aliphatic heterocycles. The molecule has 6 nitrogen and oxygen atoms in total. The molecule has 34 heavy (non-hydrogen) atoms. The van der Waals surface area contributed by atoms with Crippen molar-refractivity contribution in [1.29, 1.82) is 0 Å². The summed E-state index contributed by atoms with van der Waals surface area (Å²) < 4.78 is 0. The van der Waals surface area contributed by atoms with E-state index in [2.05, 4.69) is 44.5 Å². The molecule has 5 rings (SSSR count). The molecule has 0 unspecified atom stereocenters. The molecule has 2 aliphatic rings. The molecule has 1 aliphatic carbocycles. The van der Waals surface area contributed by atoms with E-state index in [1.54, 1.807) is 6.33 Å². The van der Waals surface area contributed by atoms with E-state index in [9.17, 15) is 4.79 Å². The Morgan fingerprint density at radius 3 is 2.35 bits per heavy atom. The number of piperazine rings is 1. The molecule has 2 aromatic carbocycles. The predicted octanol–water partition coefficient (Wildman–Crippen LogP) is 4.85. The third-order valence-corrected chi connectivity index (χ3v) is 6.96. The summed E-state index contributed by atoms with van der Waals surface area (Å²) in [6, 6.07) is 20.9. The Kier molecular flexibility index (Phi) is 7.15. The van der Waals surface area contributed by atoms with Crippen molar-refractivity contribution in [1.82, 2.24) is 19.8 Å². The van der Waals surface area contributed by atoms with Crippen LogP contribution in [0.25, 0.3) is 11.3 Å². The first-order valence-electron chi connectivity index (χ1n) is 12.5. The van der Waals surface area contributed by atoms with Crippen LogP contribution in [-0.4, -0.2) is 57.9 Å². The van der Waals surface area contributed by atoms with Gasteiger partial charge in [-0.15, -0.1) is 0 Å². The lowest BCUT2D eigenvalue weighted by molar-refractivity contribution is 0.0628. The molecule has 2 heterocycles. The van der Waals surface area contributed by atoms with Gasteiger partial charge >= 0.3 is 0 Å². The molecule has 1 amide bonds. The number of aromatic nitrogens is 2. The zero-order chi connectivity index (χ0) is 23.2. The zero-order valence-corrected chi connectivity index (χ0v) is 19.7. The first kappa shape index (κ1) is 22.5. The summed E-state index contributed by atoms with van der Waals surface area (Å²) in [5, 5.41) is 3.57. The number of nitrogens with zero attached hydrogens (tertiary/aromatic N) is 4. The molecule has 3 aromatic rings. The Morgan fingerprint density at radius 1 is 0.882 bits per heavy atom. The summed E-state index contributed by atoms with van der Waals surface area (Å²) in [6.45, 7) is 4.26. The maximum atomic E-state index is 13.1.